The summed E-state index contributed by atoms with van der Waals surface area (Å²) in [4.78, 5) is 21.5. The molecule has 1 aromatic carbocycles. The molecule has 1 atom stereocenters. The Hall–Kier alpha value is -2.04. The maximum Gasteiger partial charge on any atom is 0.513 e. The lowest BCUT2D eigenvalue weighted by molar-refractivity contribution is -0.139. The van der Waals surface area contributed by atoms with Crippen LogP contribution in [0.5, 0.6) is 5.75 Å². The Balaban J connectivity index is 2.08. The van der Waals surface area contributed by atoms with Gasteiger partial charge in [0.25, 0.3) is 0 Å². The minimum atomic E-state index is -1.56. The molecule has 1 aliphatic heterocycles. The quantitative estimate of drug-likeness (QED) is 0.629. The third-order valence-electron chi connectivity index (χ3n) is 2.70. The van der Waals surface area contributed by atoms with Crippen molar-refractivity contribution in [3.05, 3.63) is 29.8 Å². The zero-order chi connectivity index (χ0) is 12.3. The van der Waals surface area contributed by atoms with Gasteiger partial charge in [-0.15, -0.1) is 0 Å². The molecular weight excluding hydrogens is 224 g/mol. The summed E-state index contributed by atoms with van der Waals surface area (Å²) in [5, 5.41) is 8.34. The molecule has 2 rings (SSSR count). The highest BCUT2D eigenvalue weighted by molar-refractivity contribution is 5.81. The summed E-state index contributed by atoms with van der Waals surface area (Å²) in [5.74, 6) is -0.00196. The fourth-order valence-electron chi connectivity index (χ4n) is 1.97. The standard InChI is InChI=1S/C12H12O5/c13-11(17-12(14)15)7-8-5-6-16-10-4-2-1-3-9(8)10/h1-4,8H,5-7H2,(H,14,15). The van der Waals surface area contributed by atoms with E-state index in [1.54, 1.807) is 0 Å². The highest BCUT2D eigenvalue weighted by atomic mass is 16.7. The van der Waals surface area contributed by atoms with Crippen LogP contribution in [0.1, 0.15) is 24.3 Å². The van der Waals surface area contributed by atoms with Crippen LogP contribution < -0.4 is 4.74 Å². The minimum Gasteiger partial charge on any atom is -0.493 e. The number of fused-ring (bicyclic) bond motifs is 1. The van der Waals surface area contributed by atoms with Crippen LogP contribution in [0.25, 0.3) is 0 Å². The summed E-state index contributed by atoms with van der Waals surface area (Å²) in [6, 6.07) is 7.44. The summed E-state index contributed by atoms with van der Waals surface area (Å²) < 4.78 is 9.55. The van der Waals surface area contributed by atoms with Crippen molar-refractivity contribution < 1.29 is 24.2 Å². The van der Waals surface area contributed by atoms with Crippen molar-refractivity contribution in [3.63, 3.8) is 0 Å². The summed E-state index contributed by atoms with van der Waals surface area (Å²) in [5.41, 5.74) is 0.932. The molecule has 1 aliphatic rings. The van der Waals surface area contributed by atoms with Gasteiger partial charge in [0.05, 0.1) is 13.0 Å². The monoisotopic (exact) mass is 236 g/mol. The number of carbonyl (C=O) groups excluding carboxylic acids is 1. The topological polar surface area (TPSA) is 72.8 Å². The molecule has 17 heavy (non-hydrogen) atoms. The van der Waals surface area contributed by atoms with Crippen molar-refractivity contribution in [3.8, 4) is 5.75 Å². The van der Waals surface area contributed by atoms with Crippen molar-refractivity contribution in [1.29, 1.82) is 0 Å². The number of hydrogen-bond acceptors (Lipinski definition) is 4. The van der Waals surface area contributed by atoms with Gasteiger partial charge in [-0.1, -0.05) is 18.2 Å². The van der Waals surface area contributed by atoms with E-state index in [2.05, 4.69) is 4.74 Å². The second kappa shape index (κ2) is 4.86. The average molecular weight is 236 g/mol. The van der Waals surface area contributed by atoms with Gasteiger partial charge in [-0.05, 0) is 18.1 Å². The maximum absolute atomic E-state index is 11.3. The number of ether oxygens (including phenoxy) is 2. The average Bonchev–Trinajstić information content (AvgIpc) is 2.28. The van der Waals surface area contributed by atoms with Gasteiger partial charge < -0.3 is 14.6 Å². The lowest BCUT2D eigenvalue weighted by atomic mass is 9.90. The smallest absolute Gasteiger partial charge is 0.493 e. The van der Waals surface area contributed by atoms with Crippen molar-refractivity contribution in [2.45, 2.75) is 18.8 Å². The molecule has 0 amide bonds. The number of esters is 1. The molecule has 5 nitrogen and oxygen atoms in total. The van der Waals surface area contributed by atoms with Crippen LogP contribution in [0.4, 0.5) is 4.79 Å². The van der Waals surface area contributed by atoms with Gasteiger partial charge in [0, 0.05) is 5.92 Å². The third kappa shape index (κ3) is 2.75. The van der Waals surface area contributed by atoms with Gasteiger partial charge in [0.15, 0.2) is 0 Å². The predicted octanol–water partition coefficient (Wildman–Crippen LogP) is 2.16. The van der Waals surface area contributed by atoms with Crippen LogP contribution in [0, 0.1) is 0 Å². The summed E-state index contributed by atoms with van der Waals surface area (Å²) >= 11 is 0. The molecule has 0 saturated carbocycles. The Labute approximate surface area is 98.0 Å². The molecular formula is C12H12O5. The fraction of sp³-hybridized carbons (Fsp3) is 0.333. The highest BCUT2D eigenvalue weighted by Crippen LogP contribution is 2.35. The zero-order valence-electron chi connectivity index (χ0n) is 9.09. The summed E-state index contributed by atoms with van der Waals surface area (Å²) in [7, 11) is 0. The first-order valence-corrected chi connectivity index (χ1v) is 5.32. The first-order valence-electron chi connectivity index (χ1n) is 5.32. The van der Waals surface area contributed by atoms with E-state index in [1.165, 1.54) is 0 Å². The van der Waals surface area contributed by atoms with Crippen LogP contribution in [0.15, 0.2) is 24.3 Å². The van der Waals surface area contributed by atoms with E-state index >= 15 is 0 Å². The molecule has 1 unspecified atom stereocenters. The number of rotatable bonds is 2. The van der Waals surface area contributed by atoms with E-state index in [0.29, 0.717) is 13.0 Å². The van der Waals surface area contributed by atoms with E-state index in [-0.39, 0.29) is 12.3 Å². The molecule has 1 aromatic rings. The van der Waals surface area contributed by atoms with Crippen LogP contribution in [-0.2, 0) is 9.53 Å². The van der Waals surface area contributed by atoms with Crippen molar-refractivity contribution >= 4 is 12.1 Å². The van der Waals surface area contributed by atoms with E-state index in [4.69, 9.17) is 9.84 Å². The second-order valence-corrected chi connectivity index (χ2v) is 3.82. The van der Waals surface area contributed by atoms with Gasteiger partial charge in [-0.3, -0.25) is 4.79 Å². The zero-order valence-corrected chi connectivity index (χ0v) is 9.09. The number of carbonyl (C=O) groups is 2. The molecule has 0 bridgehead atoms. The first-order chi connectivity index (χ1) is 8.16. The Morgan fingerprint density at radius 3 is 2.94 bits per heavy atom. The normalized spacial score (nSPS) is 17.8. The predicted molar refractivity (Wildman–Crippen MR) is 58.0 cm³/mol. The van der Waals surface area contributed by atoms with Crippen molar-refractivity contribution in [2.24, 2.45) is 0 Å². The molecule has 1 heterocycles. The van der Waals surface area contributed by atoms with Gasteiger partial charge in [0.2, 0.25) is 0 Å². The molecule has 0 radical (unpaired) electrons. The van der Waals surface area contributed by atoms with Gasteiger partial charge in [0.1, 0.15) is 5.75 Å². The number of para-hydroxylation sites is 1. The molecule has 0 aliphatic carbocycles. The Bertz CT molecular complexity index is 440. The Morgan fingerprint density at radius 1 is 1.41 bits per heavy atom. The van der Waals surface area contributed by atoms with E-state index < -0.39 is 12.1 Å². The lowest BCUT2D eigenvalue weighted by Gasteiger charge is -2.24. The van der Waals surface area contributed by atoms with Crippen molar-refractivity contribution in [1.82, 2.24) is 0 Å². The summed E-state index contributed by atoms with van der Waals surface area (Å²) in [6.07, 6.45) is -0.811. The van der Waals surface area contributed by atoms with Crippen LogP contribution in [0.2, 0.25) is 0 Å². The molecule has 90 valence electrons. The van der Waals surface area contributed by atoms with E-state index in [9.17, 15) is 9.59 Å². The van der Waals surface area contributed by atoms with Crippen molar-refractivity contribution in [2.75, 3.05) is 6.61 Å². The first kappa shape index (κ1) is 11.4. The minimum absolute atomic E-state index is 0.0354. The third-order valence-corrected chi connectivity index (χ3v) is 2.70. The SMILES string of the molecule is O=C(O)OC(=O)CC1CCOc2ccccc21. The van der Waals surface area contributed by atoms with Crippen LogP contribution in [-0.4, -0.2) is 23.8 Å². The highest BCUT2D eigenvalue weighted by Gasteiger charge is 2.24. The number of hydrogen-bond donors (Lipinski definition) is 1. The lowest BCUT2D eigenvalue weighted by Crippen LogP contribution is -2.19. The molecule has 0 saturated heterocycles. The van der Waals surface area contributed by atoms with E-state index in [0.717, 1.165) is 11.3 Å². The maximum atomic E-state index is 11.3. The Kier molecular flexibility index (Phi) is 3.27. The van der Waals surface area contributed by atoms with E-state index in [1.807, 2.05) is 24.3 Å². The molecule has 1 N–H and O–H groups in total. The number of carboxylic acid groups (broad SMARTS) is 1. The largest absolute Gasteiger partial charge is 0.513 e. The van der Waals surface area contributed by atoms with Crippen LogP contribution in [0.3, 0.4) is 0 Å². The van der Waals surface area contributed by atoms with Gasteiger partial charge in [-0.25, -0.2) is 4.79 Å². The molecule has 0 aromatic heterocycles. The second-order valence-electron chi connectivity index (χ2n) is 3.82. The molecule has 5 heteroatoms. The van der Waals surface area contributed by atoms with Gasteiger partial charge >= 0.3 is 12.1 Å². The Morgan fingerprint density at radius 2 is 2.18 bits per heavy atom. The number of benzene rings is 1. The molecule has 0 fully saturated rings. The van der Waals surface area contributed by atoms with Crippen LogP contribution >= 0.6 is 0 Å². The van der Waals surface area contributed by atoms with Gasteiger partial charge in [-0.2, -0.15) is 0 Å². The molecule has 0 spiro atoms. The fourth-order valence-corrected chi connectivity index (χ4v) is 1.97. The summed E-state index contributed by atoms with van der Waals surface area (Å²) in [6.45, 7) is 0.530.